The Kier molecular flexibility index (Phi) is 3.79. The van der Waals surface area contributed by atoms with Crippen molar-refractivity contribution in [3.63, 3.8) is 0 Å². The van der Waals surface area contributed by atoms with E-state index in [-0.39, 0.29) is 12.2 Å². The molecule has 94 valence electrons. The summed E-state index contributed by atoms with van der Waals surface area (Å²) in [5, 5.41) is 9.48. The van der Waals surface area contributed by atoms with Gasteiger partial charge in [-0.25, -0.2) is 4.98 Å². The van der Waals surface area contributed by atoms with Gasteiger partial charge in [0.2, 0.25) is 0 Å². The molecule has 0 atom stereocenters. The third-order valence-electron chi connectivity index (χ3n) is 2.68. The van der Waals surface area contributed by atoms with E-state index < -0.39 is 0 Å². The number of aliphatic hydroxyl groups is 1. The first-order valence-electron chi connectivity index (χ1n) is 5.58. The minimum absolute atomic E-state index is 0.0673. The van der Waals surface area contributed by atoms with Crippen LogP contribution in [0.25, 0.3) is 11.4 Å². The van der Waals surface area contributed by atoms with Crippen molar-refractivity contribution in [2.75, 3.05) is 6.61 Å². The Morgan fingerprint density at radius 3 is 2.83 bits per heavy atom. The molecule has 0 aliphatic rings. The summed E-state index contributed by atoms with van der Waals surface area (Å²) < 4.78 is 0. The smallest absolute Gasteiger partial charge is 0.254 e. The Balaban J connectivity index is 2.51. The van der Waals surface area contributed by atoms with Crippen LogP contribution in [0.1, 0.15) is 11.3 Å². The fraction of sp³-hybridized carbons (Fsp3) is 0.231. The van der Waals surface area contributed by atoms with E-state index in [1.54, 1.807) is 25.1 Å². The van der Waals surface area contributed by atoms with Gasteiger partial charge in [0.1, 0.15) is 5.82 Å². The molecule has 0 amide bonds. The van der Waals surface area contributed by atoms with Crippen molar-refractivity contribution in [2.24, 2.45) is 0 Å². The third kappa shape index (κ3) is 2.60. The fourth-order valence-corrected chi connectivity index (χ4v) is 1.98. The van der Waals surface area contributed by atoms with Crippen LogP contribution in [0.15, 0.2) is 29.1 Å². The lowest BCUT2D eigenvalue weighted by molar-refractivity contribution is 0.298. The lowest BCUT2D eigenvalue weighted by Crippen LogP contribution is -2.18. The molecule has 2 N–H and O–H groups in total. The Labute approximate surface area is 109 Å². The molecular formula is C13H13ClN2O2. The van der Waals surface area contributed by atoms with Crippen LogP contribution < -0.4 is 5.56 Å². The third-order valence-corrected chi connectivity index (χ3v) is 2.92. The average molecular weight is 265 g/mol. The van der Waals surface area contributed by atoms with Gasteiger partial charge in [0.05, 0.1) is 0 Å². The van der Waals surface area contributed by atoms with Crippen LogP contribution in [0, 0.1) is 6.92 Å². The van der Waals surface area contributed by atoms with Gasteiger partial charge in [-0.1, -0.05) is 23.7 Å². The van der Waals surface area contributed by atoms with Crippen molar-refractivity contribution in [3.05, 3.63) is 50.9 Å². The molecule has 0 spiro atoms. The number of nitrogens with zero attached hydrogens (tertiary/aromatic N) is 1. The van der Waals surface area contributed by atoms with E-state index in [4.69, 9.17) is 16.7 Å². The highest BCUT2D eigenvalue weighted by Crippen LogP contribution is 2.19. The largest absolute Gasteiger partial charge is 0.396 e. The maximum atomic E-state index is 11.9. The number of nitrogens with one attached hydrogen (secondary N) is 1. The minimum Gasteiger partial charge on any atom is -0.396 e. The zero-order valence-electron chi connectivity index (χ0n) is 9.90. The summed E-state index contributed by atoms with van der Waals surface area (Å²) in [5.74, 6) is 0.488. The predicted molar refractivity (Wildman–Crippen MR) is 70.8 cm³/mol. The molecule has 2 rings (SSSR count). The van der Waals surface area contributed by atoms with Crippen LogP contribution in [-0.4, -0.2) is 21.7 Å². The first-order valence-corrected chi connectivity index (χ1v) is 5.96. The predicted octanol–water partition coefficient (Wildman–Crippen LogP) is 1.93. The van der Waals surface area contributed by atoms with Gasteiger partial charge < -0.3 is 10.1 Å². The van der Waals surface area contributed by atoms with Crippen molar-refractivity contribution in [1.82, 2.24) is 9.97 Å². The molecule has 0 saturated heterocycles. The van der Waals surface area contributed by atoms with Crippen LogP contribution in [0.4, 0.5) is 0 Å². The van der Waals surface area contributed by atoms with E-state index in [1.807, 2.05) is 6.07 Å². The molecule has 1 aromatic carbocycles. The molecule has 1 aromatic heterocycles. The van der Waals surface area contributed by atoms with Gasteiger partial charge in [-0.05, 0) is 19.1 Å². The number of rotatable bonds is 3. The molecule has 5 heteroatoms. The zero-order chi connectivity index (χ0) is 13.1. The summed E-state index contributed by atoms with van der Waals surface area (Å²) in [7, 11) is 0. The van der Waals surface area contributed by atoms with E-state index in [9.17, 15) is 4.79 Å². The first-order chi connectivity index (χ1) is 8.61. The van der Waals surface area contributed by atoms with Crippen molar-refractivity contribution < 1.29 is 5.11 Å². The summed E-state index contributed by atoms with van der Waals surface area (Å²) >= 11 is 5.90. The number of benzene rings is 1. The van der Waals surface area contributed by atoms with Gasteiger partial charge in [-0.3, -0.25) is 4.79 Å². The monoisotopic (exact) mass is 264 g/mol. The first kappa shape index (κ1) is 12.8. The molecule has 0 saturated carbocycles. The molecular weight excluding hydrogens is 252 g/mol. The number of aromatic amines is 1. The molecule has 0 aliphatic carbocycles. The van der Waals surface area contributed by atoms with Crippen LogP contribution in [0.2, 0.25) is 5.02 Å². The van der Waals surface area contributed by atoms with Crippen LogP contribution in [0.5, 0.6) is 0 Å². The van der Waals surface area contributed by atoms with Crippen molar-refractivity contribution in [2.45, 2.75) is 13.3 Å². The summed E-state index contributed by atoms with van der Waals surface area (Å²) in [5.41, 5.74) is 1.69. The van der Waals surface area contributed by atoms with Gasteiger partial charge >= 0.3 is 0 Å². The van der Waals surface area contributed by atoms with Crippen molar-refractivity contribution in [1.29, 1.82) is 0 Å². The molecule has 18 heavy (non-hydrogen) atoms. The van der Waals surface area contributed by atoms with Gasteiger partial charge in [-0.2, -0.15) is 0 Å². The number of aromatic nitrogens is 2. The summed E-state index contributed by atoms with van der Waals surface area (Å²) in [4.78, 5) is 18.9. The lowest BCUT2D eigenvalue weighted by Gasteiger charge is -2.06. The highest BCUT2D eigenvalue weighted by molar-refractivity contribution is 6.30. The standard InChI is InChI=1S/C13H13ClN2O2/c1-8-11(5-6-17)13(18)16-12(15-8)9-3-2-4-10(14)7-9/h2-4,7,17H,5-6H2,1H3,(H,15,16,18). The molecule has 2 aromatic rings. The normalized spacial score (nSPS) is 10.6. The SMILES string of the molecule is Cc1nc(-c2cccc(Cl)c2)[nH]c(=O)c1CCO. The molecule has 0 aliphatic heterocycles. The van der Waals surface area contributed by atoms with E-state index in [2.05, 4.69) is 9.97 Å². The molecule has 4 nitrogen and oxygen atoms in total. The zero-order valence-corrected chi connectivity index (χ0v) is 10.7. The molecule has 0 bridgehead atoms. The Morgan fingerprint density at radius 1 is 1.44 bits per heavy atom. The van der Waals surface area contributed by atoms with E-state index >= 15 is 0 Å². The quantitative estimate of drug-likeness (QED) is 0.890. The number of hydrogen-bond donors (Lipinski definition) is 2. The van der Waals surface area contributed by atoms with E-state index in [0.717, 1.165) is 5.56 Å². The molecule has 0 fully saturated rings. The minimum atomic E-state index is -0.216. The van der Waals surface area contributed by atoms with Gasteiger partial charge in [0.15, 0.2) is 0 Å². The molecule has 0 unspecified atom stereocenters. The van der Waals surface area contributed by atoms with Crippen LogP contribution in [-0.2, 0) is 6.42 Å². The number of aliphatic hydroxyl groups excluding tert-OH is 1. The van der Waals surface area contributed by atoms with E-state index in [1.165, 1.54) is 0 Å². The van der Waals surface area contributed by atoms with Gasteiger partial charge in [0, 0.05) is 34.9 Å². The topological polar surface area (TPSA) is 66.0 Å². The number of halogens is 1. The molecule has 1 heterocycles. The number of hydrogen-bond acceptors (Lipinski definition) is 3. The molecule has 0 radical (unpaired) electrons. The van der Waals surface area contributed by atoms with E-state index in [0.29, 0.717) is 28.5 Å². The highest BCUT2D eigenvalue weighted by Gasteiger charge is 2.09. The second-order valence-corrected chi connectivity index (χ2v) is 4.40. The Bertz CT molecular complexity index is 623. The second kappa shape index (κ2) is 5.33. The fourth-order valence-electron chi connectivity index (χ4n) is 1.79. The summed E-state index contributed by atoms with van der Waals surface area (Å²) in [6, 6.07) is 7.13. The number of H-pyrrole nitrogens is 1. The Hall–Kier alpha value is -1.65. The maximum absolute atomic E-state index is 11.9. The summed E-state index contributed by atoms with van der Waals surface area (Å²) in [6.45, 7) is 1.69. The van der Waals surface area contributed by atoms with Crippen molar-refractivity contribution in [3.8, 4) is 11.4 Å². The Morgan fingerprint density at radius 2 is 2.22 bits per heavy atom. The van der Waals surface area contributed by atoms with Gasteiger partial charge in [0.25, 0.3) is 5.56 Å². The van der Waals surface area contributed by atoms with Gasteiger partial charge in [-0.15, -0.1) is 0 Å². The van der Waals surface area contributed by atoms with Crippen molar-refractivity contribution >= 4 is 11.6 Å². The maximum Gasteiger partial charge on any atom is 0.254 e. The summed E-state index contributed by atoms with van der Waals surface area (Å²) in [6.07, 6.45) is 0.310. The number of aryl methyl sites for hydroxylation is 1. The average Bonchev–Trinajstić information content (AvgIpc) is 2.33. The van der Waals surface area contributed by atoms with Crippen LogP contribution in [0.3, 0.4) is 0 Å². The van der Waals surface area contributed by atoms with Crippen LogP contribution >= 0.6 is 11.6 Å². The highest BCUT2D eigenvalue weighted by atomic mass is 35.5. The second-order valence-electron chi connectivity index (χ2n) is 3.96. The lowest BCUT2D eigenvalue weighted by atomic mass is 10.1.